The number of hydrogen-bond donors (Lipinski definition) is 3. The van der Waals surface area contributed by atoms with Crippen molar-refractivity contribution in [3.8, 4) is 0 Å². The van der Waals surface area contributed by atoms with E-state index in [1.54, 1.807) is 0 Å². The van der Waals surface area contributed by atoms with Crippen molar-refractivity contribution in [3.05, 3.63) is 24.3 Å². The van der Waals surface area contributed by atoms with Crippen molar-refractivity contribution in [1.29, 1.82) is 0 Å². The highest BCUT2D eigenvalue weighted by molar-refractivity contribution is 5.93. The summed E-state index contributed by atoms with van der Waals surface area (Å²) in [5.41, 5.74) is 1.49. The number of piperidine rings is 1. The second-order valence-corrected chi connectivity index (χ2v) is 7.85. The number of nitrogens with zero attached hydrogens (tertiary/aromatic N) is 1. The van der Waals surface area contributed by atoms with Crippen LogP contribution in [0.2, 0.25) is 0 Å². The van der Waals surface area contributed by atoms with E-state index in [9.17, 15) is 9.59 Å². The molecule has 0 aromatic heterocycles. The van der Waals surface area contributed by atoms with E-state index in [-0.39, 0.29) is 36.6 Å². The number of carbonyl (C=O) groups excluding carboxylic acids is 2. The van der Waals surface area contributed by atoms with Crippen molar-refractivity contribution in [1.82, 2.24) is 10.2 Å². The van der Waals surface area contributed by atoms with Crippen molar-refractivity contribution < 1.29 is 14.3 Å². The Labute approximate surface area is 191 Å². The van der Waals surface area contributed by atoms with Crippen molar-refractivity contribution >= 4 is 48.0 Å². The first-order valence-electron chi connectivity index (χ1n) is 10.3. The van der Waals surface area contributed by atoms with Crippen molar-refractivity contribution in [3.63, 3.8) is 0 Å². The van der Waals surface area contributed by atoms with Crippen molar-refractivity contribution in [2.45, 2.75) is 26.2 Å². The van der Waals surface area contributed by atoms with Gasteiger partial charge in [-0.15, -0.1) is 24.8 Å². The summed E-state index contributed by atoms with van der Waals surface area (Å²) in [4.78, 5) is 26.6. The molecule has 1 aromatic carbocycles. The fourth-order valence-electron chi connectivity index (χ4n) is 3.84. The Hall–Kier alpha value is -1.38. The fraction of sp³-hybridized carbons (Fsp3) is 0.619. The third kappa shape index (κ3) is 8.78. The number of rotatable bonds is 7. The molecule has 9 heteroatoms. The van der Waals surface area contributed by atoms with E-state index in [2.05, 4.69) is 27.8 Å². The zero-order chi connectivity index (χ0) is 19.8. The fourth-order valence-corrected chi connectivity index (χ4v) is 3.84. The molecule has 2 amide bonds. The van der Waals surface area contributed by atoms with Crippen LogP contribution in [0.4, 0.5) is 11.4 Å². The van der Waals surface area contributed by atoms with Gasteiger partial charge in [-0.25, -0.2) is 0 Å². The molecule has 2 aliphatic rings. The van der Waals surface area contributed by atoms with E-state index in [0.29, 0.717) is 38.0 Å². The normalized spacial score (nSPS) is 20.2. The second kappa shape index (κ2) is 13.8. The third-order valence-electron chi connectivity index (χ3n) is 5.57. The van der Waals surface area contributed by atoms with Gasteiger partial charge in [0.1, 0.15) is 0 Å². The maximum absolute atomic E-state index is 12.3. The van der Waals surface area contributed by atoms with Gasteiger partial charge >= 0.3 is 0 Å². The van der Waals surface area contributed by atoms with E-state index in [1.165, 1.54) is 12.8 Å². The van der Waals surface area contributed by atoms with Crippen LogP contribution in [0.25, 0.3) is 0 Å². The van der Waals surface area contributed by atoms with Crippen LogP contribution in [0.1, 0.15) is 26.2 Å². The number of nitrogens with one attached hydrogen (secondary N) is 3. The summed E-state index contributed by atoms with van der Waals surface area (Å²) in [7, 11) is 0. The van der Waals surface area contributed by atoms with E-state index in [0.717, 1.165) is 37.6 Å². The monoisotopic (exact) mass is 460 g/mol. The molecule has 2 fully saturated rings. The van der Waals surface area contributed by atoms with Gasteiger partial charge in [-0.05, 0) is 62.0 Å². The third-order valence-corrected chi connectivity index (χ3v) is 5.57. The van der Waals surface area contributed by atoms with E-state index < -0.39 is 0 Å². The Balaban J connectivity index is 0.00000225. The van der Waals surface area contributed by atoms with Gasteiger partial charge in [0, 0.05) is 30.9 Å². The minimum absolute atomic E-state index is 0. The van der Waals surface area contributed by atoms with Gasteiger partial charge in [-0.3, -0.25) is 14.5 Å². The van der Waals surface area contributed by atoms with Gasteiger partial charge in [0.2, 0.25) is 11.8 Å². The van der Waals surface area contributed by atoms with Gasteiger partial charge < -0.3 is 20.7 Å². The molecule has 30 heavy (non-hydrogen) atoms. The van der Waals surface area contributed by atoms with Crippen LogP contribution < -0.4 is 16.0 Å². The molecule has 2 heterocycles. The Morgan fingerprint density at radius 2 is 1.70 bits per heavy atom. The topological polar surface area (TPSA) is 82.7 Å². The summed E-state index contributed by atoms with van der Waals surface area (Å²) >= 11 is 0. The van der Waals surface area contributed by atoms with Gasteiger partial charge in [-0.2, -0.15) is 0 Å². The predicted octanol–water partition coefficient (Wildman–Crippen LogP) is 2.77. The van der Waals surface area contributed by atoms with Crippen LogP contribution in [0, 0.1) is 11.8 Å². The minimum atomic E-state index is -0.0337. The van der Waals surface area contributed by atoms with Gasteiger partial charge in [0.05, 0.1) is 19.8 Å². The molecule has 0 saturated carbocycles. The lowest BCUT2D eigenvalue weighted by molar-refractivity contribution is -0.118. The maximum atomic E-state index is 12.3. The Kier molecular flexibility index (Phi) is 12.3. The first-order chi connectivity index (χ1) is 13.6. The summed E-state index contributed by atoms with van der Waals surface area (Å²) < 4.78 is 5.29. The standard InChI is InChI=1S/C21H32N4O3.2ClH/c1-16(17-3-2-8-22-14-17)13-20(26)23-18-4-6-19(7-5-18)24-21(27)15-25-9-11-28-12-10-25;;/h4-7,16-17,22H,2-3,8-15H2,1H3,(H,23,26)(H,24,27);2*1H. The molecule has 0 bridgehead atoms. The van der Waals surface area contributed by atoms with Crippen LogP contribution in [0.5, 0.6) is 0 Å². The largest absolute Gasteiger partial charge is 0.379 e. The molecule has 2 aliphatic heterocycles. The van der Waals surface area contributed by atoms with Crippen molar-refractivity contribution in [2.75, 3.05) is 56.6 Å². The summed E-state index contributed by atoms with van der Waals surface area (Å²) in [6.07, 6.45) is 2.92. The molecule has 2 unspecified atom stereocenters. The van der Waals surface area contributed by atoms with Crippen LogP contribution in [-0.2, 0) is 14.3 Å². The minimum Gasteiger partial charge on any atom is -0.379 e. The second-order valence-electron chi connectivity index (χ2n) is 7.85. The highest BCUT2D eigenvalue weighted by Crippen LogP contribution is 2.23. The first kappa shape index (κ1) is 26.7. The Morgan fingerprint density at radius 3 is 2.27 bits per heavy atom. The average molecular weight is 461 g/mol. The Morgan fingerprint density at radius 1 is 1.10 bits per heavy atom. The summed E-state index contributed by atoms with van der Waals surface area (Å²) in [5, 5.41) is 9.28. The molecular formula is C21H34Cl2N4O3. The highest BCUT2D eigenvalue weighted by atomic mass is 35.5. The van der Waals surface area contributed by atoms with Gasteiger partial charge in [-0.1, -0.05) is 6.92 Å². The molecule has 3 rings (SSSR count). The molecule has 2 saturated heterocycles. The molecule has 0 spiro atoms. The maximum Gasteiger partial charge on any atom is 0.238 e. The number of carbonyl (C=O) groups is 2. The number of amides is 2. The van der Waals surface area contributed by atoms with E-state index >= 15 is 0 Å². The summed E-state index contributed by atoms with van der Waals surface area (Å²) in [5.74, 6) is 0.950. The van der Waals surface area contributed by atoms with E-state index in [1.807, 2.05) is 24.3 Å². The Bertz CT molecular complexity index is 648. The number of halogens is 2. The SMILES string of the molecule is CC(CC(=O)Nc1ccc(NC(=O)CN2CCOCC2)cc1)C1CCCNC1.Cl.Cl. The summed E-state index contributed by atoms with van der Waals surface area (Å²) in [6.45, 7) is 7.55. The molecule has 0 radical (unpaired) electrons. The molecule has 7 nitrogen and oxygen atoms in total. The number of benzene rings is 1. The molecular weight excluding hydrogens is 427 g/mol. The van der Waals surface area contributed by atoms with Crippen LogP contribution >= 0.6 is 24.8 Å². The van der Waals surface area contributed by atoms with Crippen LogP contribution in [0.15, 0.2) is 24.3 Å². The first-order valence-corrected chi connectivity index (χ1v) is 10.3. The lowest BCUT2D eigenvalue weighted by Gasteiger charge is -2.28. The number of anilines is 2. The van der Waals surface area contributed by atoms with Crippen LogP contribution in [-0.4, -0.2) is 62.7 Å². The highest BCUT2D eigenvalue weighted by Gasteiger charge is 2.22. The lowest BCUT2D eigenvalue weighted by atomic mass is 9.85. The van der Waals surface area contributed by atoms with E-state index in [4.69, 9.17) is 4.74 Å². The number of morpholine rings is 1. The number of hydrogen-bond acceptors (Lipinski definition) is 5. The average Bonchev–Trinajstić information content (AvgIpc) is 2.71. The zero-order valence-electron chi connectivity index (χ0n) is 17.5. The number of ether oxygens (including phenoxy) is 1. The molecule has 170 valence electrons. The quantitative estimate of drug-likeness (QED) is 0.582. The smallest absolute Gasteiger partial charge is 0.238 e. The molecule has 0 aliphatic carbocycles. The molecule has 3 N–H and O–H groups in total. The van der Waals surface area contributed by atoms with Gasteiger partial charge in [0.15, 0.2) is 0 Å². The lowest BCUT2D eigenvalue weighted by Crippen LogP contribution is -2.41. The predicted molar refractivity (Wildman–Crippen MR) is 125 cm³/mol. The zero-order valence-corrected chi connectivity index (χ0v) is 19.2. The molecule has 1 aromatic rings. The van der Waals surface area contributed by atoms with Crippen LogP contribution in [0.3, 0.4) is 0 Å². The van der Waals surface area contributed by atoms with Gasteiger partial charge in [0.25, 0.3) is 0 Å². The molecule has 2 atom stereocenters. The summed E-state index contributed by atoms with van der Waals surface area (Å²) in [6, 6.07) is 7.30. The van der Waals surface area contributed by atoms with Crippen molar-refractivity contribution in [2.24, 2.45) is 11.8 Å².